The van der Waals surface area contributed by atoms with Gasteiger partial charge in [-0.3, -0.25) is 14.2 Å². The highest BCUT2D eigenvalue weighted by Gasteiger charge is 2.16. The van der Waals surface area contributed by atoms with E-state index in [1.165, 1.54) is 4.57 Å². The number of amides is 1. The molecule has 1 N–H and O–H groups in total. The number of para-hydroxylation sites is 2. The summed E-state index contributed by atoms with van der Waals surface area (Å²) in [5.41, 5.74) is 6.61. The highest BCUT2D eigenvalue weighted by molar-refractivity contribution is 9.10. The Labute approximate surface area is 254 Å². The van der Waals surface area contributed by atoms with Crippen molar-refractivity contribution in [2.75, 3.05) is 0 Å². The zero-order valence-corrected chi connectivity index (χ0v) is 24.3. The molecule has 2 heterocycles. The Morgan fingerprint density at radius 1 is 0.905 bits per heavy atom. The van der Waals surface area contributed by atoms with E-state index >= 15 is 0 Å². The highest BCUT2D eigenvalue weighted by atomic mass is 79.9. The SMILES string of the molecule is O=C(Cn1c(-c2ccc(Cl)cc2)nc2ccccc2c1=O)N/N=C/c1cn(-c2ccccc2)nc1-c1ccc(Br)cc1. The third-order valence-corrected chi connectivity index (χ3v) is 7.32. The van der Waals surface area contributed by atoms with Crippen molar-refractivity contribution >= 4 is 50.6 Å². The van der Waals surface area contributed by atoms with Crippen LogP contribution >= 0.6 is 27.5 Å². The molecule has 0 saturated heterocycles. The van der Waals surface area contributed by atoms with Crippen molar-refractivity contribution in [3.05, 3.63) is 135 Å². The van der Waals surface area contributed by atoms with Gasteiger partial charge in [0.2, 0.25) is 0 Å². The summed E-state index contributed by atoms with van der Waals surface area (Å²) in [5, 5.41) is 9.96. The van der Waals surface area contributed by atoms with Crippen molar-refractivity contribution in [1.82, 2.24) is 24.8 Å². The molecule has 8 nitrogen and oxygen atoms in total. The molecule has 0 fully saturated rings. The van der Waals surface area contributed by atoms with Gasteiger partial charge in [-0.15, -0.1) is 0 Å². The lowest BCUT2D eigenvalue weighted by molar-refractivity contribution is -0.121. The molecular weight excluding hydrogens is 616 g/mol. The average molecular weight is 638 g/mol. The first-order valence-corrected chi connectivity index (χ1v) is 14.1. The first-order valence-electron chi connectivity index (χ1n) is 12.9. The summed E-state index contributed by atoms with van der Waals surface area (Å²) < 4.78 is 4.06. The molecule has 4 aromatic carbocycles. The molecule has 0 aliphatic heterocycles. The lowest BCUT2D eigenvalue weighted by Gasteiger charge is -2.13. The fourth-order valence-corrected chi connectivity index (χ4v) is 4.90. The lowest BCUT2D eigenvalue weighted by atomic mass is 10.1. The number of hydrogen-bond acceptors (Lipinski definition) is 5. The van der Waals surface area contributed by atoms with Crippen LogP contribution in [0, 0.1) is 0 Å². The Bertz CT molecular complexity index is 1990. The number of benzene rings is 4. The van der Waals surface area contributed by atoms with Gasteiger partial charge < -0.3 is 0 Å². The first kappa shape index (κ1) is 27.3. The minimum absolute atomic E-state index is 0.283. The summed E-state index contributed by atoms with van der Waals surface area (Å²) in [6.45, 7) is -0.283. The van der Waals surface area contributed by atoms with E-state index in [9.17, 15) is 9.59 Å². The van der Waals surface area contributed by atoms with Crippen LogP contribution in [0.25, 0.3) is 39.2 Å². The fourth-order valence-electron chi connectivity index (χ4n) is 4.51. The van der Waals surface area contributed by atoms with Gasteiger partial charge in [0.25, 0.3) is 11.5 Å². The molecule has 0 spiro atoms. The number of carbonyl (C=O) groups excluding carboxylic acids is 1. The number of halogens is 2. The molecule has 6 aromatic rings. The summed E-state index contributed by atoms with van der Waals surface area (Å²) in [5.74, 6) is -0.127. The van der Waals surface area contributed by atoms with Crippen LogP contribution in [0.15, 0.2) is 124 Å². The third-order valence-electron chi connectivity index (χ3n) is 6.54. The summed E-state index contributed by atoms with van der Waals surface area (Å²) in [6.07, 6.45) is 3.39. The number of nitrogens with zero attached hydrogens (tertiary/aromatic N) is 5. The van der Waals surface area contributed by atoms with Crippen molar-refractivity contribution in [3.8, 4) is 28.3 Å². The van der Waals surface area contributed by atoms with E-state index in [1.807, 2.05) is 66.9 Å². The van der Waals surface area contributed by atoms with E-state index in [0.29, 0.717) is 38.6 Å². The summed E-state index contributed by atoms with van der Waals surface area (Å²) in [6, 6.07) is 31.5. The molecule has 0 unspecified atom stereocenters. The van der Waals surface area contributed by atoms with Gasteiger partial charge in [0.1, 0.15) is 18.1 Å². The minimum atomic E-state index is -0.485. The van der Waals surface area contributed by atoms with E-state index in [4.69, 9.17) is 16.7 Å². The molecule has 0 saturated carbocycles. The Hall–Kier alpha value is -4.86. The maximum Gasteiger partial charge on any atom is 0.262 e. The molecule has 0 aliphatic rings. The van der Waals surface area contributed by atoms with Crippen LogP contribution < -0.4 is 11.0 Å². The smallest absolute Gasteiger partial charge is 0.262 e. The van der Waals surface area contributed by atoms with Crippen LogP contribution in [0.4, 0.5) is 0 Å². The molecule has 0 atom stereocenters. The quantitative estimate of drug-likeness (QED) is 0.160. The van der Waals surface area contributed by atoms with Crippen LogP contribution in [-0.4, -0.2) is 31.5 Å². The Balaban J connectivity index is 1.30. The molecule has 42 heavy (non-hydrogen) atoms. The van der Waals surface area contributed by atoms with Gasteiger partial charge in [-0.2, -0.15) is 10.2 Å². The number of hydrogen-bond donors (Lipinski definition) is 1. The van der Waals surface area contributed by atoms with Crippen LogP contribution in [0.1, 0.15) is 5.56 Å². The molecule has 206 valence electrons. The van der Waals surface area contributed by atoms with Gasteiger partial charge in [-0.25, -0.2) is 15.1 Å². The second-order valence-corrected chi connectivity index (χ2v) is 10.7. The van der Waals surface area contributed by atoms with Gasteiger partial charge in [0.15, 0.2) is 0 Å². The van der Waals surface area contributed by atoms with E-state index in [0.717, 1.165) is 15.7 Å². The molecule has 1 amide bonds. The maximum absolute atomic E-state index is 13.4. The molecule has 0 radical (unpaired) electrons. The minimum Gasteiger partial charge on any atom is -0.283 e. The van der Waals surface area contributed by atoms with Gasteiger partial charge in [-0.05, 0) is 60.7 Å². The first-order chi connectivity index (χ1) is 20.5. The molecule has 2 aromatic heterocycles. The molecule has 0 bridgehead atoms. The van der Waals surface area contributed by atoms with E-state index in [-0.39, 0.29) is 12.1 Å². The van der Waals surface area contributed by atoms with Crippen molar-refractivity contribution in [3.63, 3.8) is 0 Å². The molecule has 6 rings (SSSR count). The number of fused-ring (bicyclic) bond motifs is 1. The van der Waals surface area contributed by atoms with E-state index in [1.54, 1.807) is 53.4 Å². The van der Waals surface area contributed by atoms with Crippen molar-refractivity contribution in [2.45, 2.75) is 6.54 Å². The number of nitrogens with one attached hydrogen (secondary N) is 1. The number of aromatic nitrogens is 4. The summed E-state index contributed by atoms with van der Waals surface area (Å²) in [7, 11) is 0. The summed E-state index contributed by atoms with van der Waals surface area (Å²) in [4.78, 5) is 31.2. The van der Waals surface area contributed by atoms with Gasteiger partial charge in [-0.1, -0.05) is 70.0 Å². The van der Waals surface area contributed by atoms with E-state index < -0.39 is 5.91 Å². The largest absolute Gasteiger partial charge is 0.283 e. The maximum atomic E-state index is 13.4. The van der Waals surface area contributed by atoms with Crippen molar-refractivity contribution in [2.24, 2.45) is 5.10 Å². The molecule has 0 aliphatic carbocycles. The Morgan fingerprint density at radius 3 is 2.36 bits per heavy atom. The zero-order valence-electron chi connectivity index (χ0n) is 22.0. The molecule has 10 heteroatoms. The predicted octanol–water partition coefficient (Wildman–Crippen LogP) is 6.48. The average Bonchev–Trinajstić information content (AvgIpc) is 3.44. The summed E-state index contributed by atoms with van der Waals surface area (Å²) >= 11 is 9.54. The second-order valence-electron chi connectivity index (χ2n) is 9.36. The van der Waals surface area contributed by atoms with Gasteiger partial charge >= 0.3 is 0 Å². The Morgan fingerprint density at radius 2 is 1.60 bits per heavy atom. The Kier molecular flexibility index (Phi) is 7.76. The topological polar surface area (TPSA) is 94.2 Å². The van der Waals surface area contributed by atoms with E-state index in [2.05, 4.69) is 31.4 Å². The lowest BCUT2D eigenvalue weighted by Crippen LogP contribution is -2.31. The van der Waals surface area contributed by atoms with Crippen LogP contribution in [0.3, 0.4) is 0 Å². The third kappa shape index (κ3) is 5.79. The normalized spacial score (nSPS) is 11.3. The second kappa shape index (κ2) is 11.9. The fraction of sp³-hybridized carbons (Fsp3) is 0.0312. The molecular formula is C32H22BrClN6O2. The highest BCUT2D eigenvalue weighted by Crippen LogP contribution is 2.25. The monoisotopic (exact) mass is 636 g/mol. The number of carbonyl (C=O) groups is 1. The zero-order chi connectivity index (χ0) is 29.1. The van der Waals surface area contributed by atoms with Crippen molar-refractivity contribution < 1.29 is 4.79 Å². The van der Waals surface area contributed by atoms with Gasteiger partial charge in [0.05, 0.1) is 22.8 Å². The van der Waals surface area contributed by atoms with Crippen LogP contribution in [-0.2, 0) is 11.3 Å². The van der Waals surface area contributed by atoms with Crippen LogP contribution in [0.5, 0.6) is 0 Å². The number of hydrazone groups is 1. The van der Waals surface area contributed by atoms with Gasteiger partial charge in [0, 0.05) is 32.4 Å². The van der Waals surface area contributed by atoms with Crippen LogP contribution in [0.2, 0.25) is 5.02 Å². The predicted molar refractivity (Wildman–Crippen MR) is 169 cm³/mol. The number of rotatable bonds is 7. The standard InChI is InChI=1S/C32H22BrClN6O2/c33-24-14-10-21(11-15-24)30-23(19-40(38-30)26-6-2-1-3-7-26)18-35-37-29(41)20-39-31(22-12-16-25(34)17-13-22)36-28-9-5-4-8-27(28)32(39)42/h1-19H,20H2,(H,37,41)/b35-18+. The van der Waals surface area contributed by atoms with Crippen molar-refractivity contribution in [1.29, 1.82) is 0 Å².